The van der Waals surface area contributed by atoms with E-state index in [0.717, 1.165) is 12.5 Å². The molecule has 0 amide bonds. The normalized spacial score (nSPS) is 18.9. The fourth-order valence-corrected chi connectivity index (χ4v) is 1.28. The van der Waals surface area contributed by atoms with Gasteiger partial charge in [-0.05, 0) is 18.9 Å². The molecule has 60 valence electrons. The van der Waals surface area contributed by atoms with Crippen LogP contribution in [-0.2, 0) is 0 Å². The van der Waals surface area contributed by atoms with Gasteiger partial charge in [0.2, 0.25) is 0 Å². The van der Waals surface area contributed by atoms with Crippen LogP contribution in [0.1, 0.15) is 25.7 Å². The van der Waals surface area contributed by atoms with E-state index in [9.17, 15) is 4.39 Å². The van der Waals surface area contributed by atoms with Crippen LogP contribution in [0.2, 0.25) is 0 Å². The molecule has 0 saturated heterocycles. The molecule has 0 aromatic heterocycles. The first-order valence-electron chi connectivity index (χ1n) is 4.20. The molecule has 0 aromatic rings. The van der Waals surface area contributed by atoms with Gasteiger partial charge in [0.15, 0.2) is 0 Å². The number of hydrogen-bond donors (Lipinski definition) is 1. The van der Waals surface area contributed by atoms with Crippen LogP contribution in [0.15, 0.2) is 0 Å². The minimum Gasteiger partial charge on any atom is -0.314 e. The molecule has 0 aliphatic heterocycles. The van der Waals surface area contributed by atoms with E-state index in [2.05, 4.69) is 5.32 Å². The molecule has 1 N–H and O–H groups in total. The summed E-state index contributed by atoms with van der Waals surface area (Å²) in [6, 6.07) is 0. The predicted octanol–water partition coefficient (Wildman–Crippen LogP) is 1.74. The van der Waals surface area contributed by atoms with E-state index in [4.69, 9.17) is 0 Å². The van der Waals surface area contributed by atoms with Gasteiger partial charge in [-0.3, -0.25) is 0 Å². The SMILES string of the molecule is FCCNCCC1CCC1. The first-order valence-corrected chi connectivity index (χ1v) is 4.20. The van der Waals surface area contributed by atoms with Crippen molar-refractivity contribution in [2.45, 2.75) is 25.7 Å². The van der Waals surface area contributed by atoms with Crippen molar-refractivity contribution < 1.29 is 4.39 Å². The second-order valence-electron chi connectivity index (χ2n) is 3.02. The number of alkyl halides is 1. The molecule has 0 atom stereocenters. The van der Waals surface area contributed by atoms with Crippen molar-refractivity contribution in [3.05, 3.63) is 0 Å². The lowest BCUT2D eigenvalue weighted by Crippen LogP contribution is -2.22. The van der Waals surface area contributed by atoms with Crippen molar-refractivity contribution >= 4 is 0 Å². The third-order valence-electron chi connectivity index (χ3n) is 2.23. The van der Waals surface area contributed by atoms with E-state index in [1.807, 2.05) is 0 Å². The minimum absolute atomic E-state index is 0.231. The van der Waals surface area contributed by atoms with Crippen molar-refractivity contribution in [1.82, 2.24) is 5.32 Å². The van der Waals surface area contributed by atoms with Gasteiger partial charge in [0.25, 0.3) is 0 Å². The first-order chi connectivity index (χ1) is 4.93. The van der Waals surface area contributed by atoms with Gasteiger partial charge in [0, 0.05) is 6.54 Å². The third kappa shape index (κ3) is 2.65. The van der Waals surface area contributed by atoms with Gasteiger partial charge in [-0.1, -0.05) is 19.3 Å². The van der Waals surface area contributed by atoms with Crippen LogP contribution in [0.25, 0.3) is 0 Å². The number of rotatable bonds is 5. The summed E-state index contributed by atoms with van der Waals surface area (Å²) in [5.41, 5.74) is 0. The lowest BCUT2D eigenvalue weighted by atomic mass is 9.83. The average molecular weight is 145 g/mol. The molecule has 0 spiro atoms. The van der Waals surface area contributed by atoms with E-state index in [1.54, 1.807) is 0 Å². The maximum Gasteiger partial charge on any atom is 0.102 e. The summed E-state index contributed by atoms with van der Waals surface area (Å²) < 4.78 is 11.6. The Balaban J connectivity index is 1.76. The average Bonchev–Trinajstić information content (AvgIpc) is 1.84. The summed E-state index contributed by atoms with van der Waals surface area (Å²) in [7, 11) is 0. The zero-order valence-corrected chi connectivity index (χ0v) is 6.41. The smallest absolute Gasteiger partial charge is 0.102 e. The van der Waals surface area contributed by atoms with Gasteiger partial charge in [0.05, 0.1) is 0 Å². The monoisotopic (exact) mass is 145 g/mol. The maximum absolute atomic E-state index is 11.6. The number of hydrogen-bond acceptors (Lipinski definition) is 1. The second-order valence-corrected chi connectivity index (χ2v) is 3.02. The molecule has 1 aliphatic rings. The Kier molecular flexibility index (Phi) is 3.73. The topological polar surface area (TPSA) is 12.0 Å². The highest BCUT2D eigenvalue weighted by Gasteiger charge is 2.15. The Morgan fingerprint density at radius 1 is 1.30 bits per heavy atom. The highest BCUT2D eigenvalue weighted by Crippen LogP contribution is 2.28. The summed E-state index contributed by atoms with van der Waals surface area (Å²) in [5.74, 6) is 0.951. The predicted molar refractivity (Wildman–Crippen MR) is 40.8 cm³/mol. The molecular formula is C8H16FN. The van der Waals surface area contributed by atoms with Gasteiger partial charge >= 0.3 is 0 Å². The summed E-state index contributed by atoms with van der Waals surface area (Å²) in [5, 5.41) is 3.06. The van der Waals surface area contributed by atoms with Gasteiger partial charge < -0.3 is 5.32 Å². The Hall–Kier alpha value is -0.110. The Morgan fingerprint density at radius 2 is 2.10 bits per heavy atom. The van der Waals surface area contributed by atoms with E-state index in [0.29, 0.717) is 6.54 Å². The van der Waals surface area contributed by atoms with E-state index >= 15 is 0 Å². The molecular weight excluding hydrogens is 129 g/mol. The number of nitrogens with one attached hydrogen (secondary N) is 1. The Bertz CT molecular complexity index is 81.3. The van der Waals surface area contributed by atoms with Crippen molar-refractivity contribution in [1.29, 1.82) is 0 Å². The Labute approximate surface area is 62.0 Å². The van der Waals surface area contributed by atoms with Crippen LogP contribution in [0.3, 0.4) is 0 Å². The molecule has 1 fully saturated rings. The van der Waals surface area contributed by atoms with Crippen molar-refractivity contribution in [3.8, 4) is 0 Å². The molecule has 1 rings (SSSR count). The zero-order valence-electron chi connectivity index (χ0n) is 6.41. The zero-order chi connectivity index (χ0) is 7.23. The lowest BCUT2D eigenvalue weighted by molar-refractivity contribution is 0.290. The summed E-state index contributed by atoms with van der Waals surface area (Å²) >= 11 is 0. The van der Waals surface area contributed by atoms with E-state index in [-0.39, 0.29) is 6.67 Å². The standard InChI is InChI=1S/C8H16FN/c9-5-7-10-6-4-8-2-1-3-8/h8,10H,1-7H2. The van der Waals surface area contributed by atoms with E-state index < -0.39 is 0 Å². The van der Waals surface area contributed by atoms with Gasteiger partial charge in [-0.25, -0.2) is 4.39 Å². The molecule has 0 unspecified atom stereocenters. The summed E-state index contributed by atoms with van der Waals surface area (Å²) in [4.78, 5) is 0. The molecule has 0 radical (unpaired) electrons. The maximum atomic E-state index is 11.6. The molecule has 10 heavy (non-hydrogen) atoms. The van der Waals surface area contributed by atoms with E-state index in [1.165, 1.54) is 25.7 Å². The van der Waals surface area contributed by atoms with Crippen LogP contribution < -0.4 is 5.32 Å². The fourth-order valence-electron chi connectivity index (χ4n) is 1.28. The molecule has 1 nitrogen and oxygen atoms in total. The van der Waals surface area contributed by atoms with Crippen molar-refractivity contribution in [2.75, 3.05) is 19.8 Å². The highest BCUT2D eigenvalue weighted by atomic mass is 19.1. The van der Waals surface area contributed by atoms with Crippen LogP contribution in [0, 0.1) is 5.92 Å². The molecule has 0 aromatic carbocycles. The second kappa shape index (κ2) is 4.67. The van der Waals surface area contributed by atoms with Crippen LogP contribution in [-0.4, -0.2) is 19.8 Å². The van der Waals surface area contributed by atoms with Crippen LogP contribution >= 0.6 is 0 Å². The van der Waals surface area contributed by atoms with Crippen LogP contribution in [0.5, 0.6) is 0 Å². The minimum atomic E-state index is -0.231. The quantitative estimate of drug-likeness (QED) is 0.581. The molecule has 2 heteroatoms. The molecule has 0 heterocycles. The fraction of sp³-hybridized carbons (Fsp3) is 1.00. The molecule has 0 bridgehead atoms. The van der Waals surface area contributed by atoms with Gasteiger partial charge in [-0.15, -0.1) is 0 Å². The van der Waals surface area contributed by atoms with Gasteiger partial charge in [0.1, 0.15) is 6.67 Å². The van der Waals surface area contributed by atoms with Crippen molar-refractivity contribution in [3.63, 3.8) is 0 Å². The lowest BCUT2D eigenvalue weighted by Gasteiger charge is -2.24. The molecule has 1 aliphatic carbocycles. The number of halogens is 1. The third-order valence-corrected chi connectivity index (χ3v) is 2.23. The van der Waals surface area contributed by atoms with Crippen LogP contribution in [0.4, 0.5) is 4.39 Å². The summed E-state index contributed by atoms with van der Waals surface area (Å²) in [6.45, 7) is 1.31. The molecule has 1 saturated carbocycles. The highest BCUT2D eigenvalue weighted by molar-refractivity contribution is 4.69. The van der Waals surface area contributed by atoms with Gasteiger partial charge in [-0.2, -0.15) is 0 Å². The first kappa shape index (κ1) is 7.99. The Morgan fingerprint density at radius 3 is 2.60 bits per heavy atom. The van der Waals surface area contributed by atoms with Crippen molar-refractivity contribution in [2.24, 2.45) is 5.92 Å². The summed E-state index contributed by atoms with van der Waals surface area (Å²) in [6.07, 6.45) is 5.46. The largest absolute Gasteiger partial charge is 0.314 e.